The molecule has 2 heterocycles. The number of methoxy groups -OCH3 is 1. The van der Waals surface area contributed by atoms with Crippen molar-refractivity contribution >= 4 is 17.5 Å². The van der Waals surface area contributed by atoms with Crippen molar-refractivity contribution in [3.8, 4) is 5.75 Å². The Morgan fingerprint density at radius 1 is 1.16 bits per heavy atom. The van der Waals surface area contributed by atoms with Crippen LogP contribution in [0.5, 0.6) is 5.75 Å². The van der Waals surface area contributed by atoms with E-state index in [1.54, 1.807) is 29.7 Å². The van der Waals surface area contributed by atoms with Crippen molar-refractivity contribution in [3.63, 3.8) is 0 Å². The highest BCUT2D eigenvalue weighted by molar-refractivity contribution is 6.12. The van der Waals surface area contributed by atoms with Crippen LogP contribution >= 0.6 is 0 Å². The normalized spacial score (nSPS) is 17.9. The molecule has 0 saturated heterocycles. The zero-order valence-electron chi connectivity index (χ0n) is 18.2. The number of nitrogens with zero attached hydrogens (tertiary/aromatic N) is 3. The lowest BCUT2D eigenvalue weighted by atomic mass is 9.93. The van der Waals surface area contributed by atoms with Crippen molar-refractivity contribution in [2.24, 2.45) is 0 Å². The first kappa shape index (κ1) is 20.7. The number of carbonyl (C=O) groups excluding carboxylic acids is 2. The fourth-order valence-corrected chi connectivity index (χ4v) is 4.02. The lowest BCUT2D eigenvalue weighted by Gasteiger charge is -2.43. The molecule has 0 aliphatic carbocycles. The van der Waals surface area contributed by atoms with Gasteiger partial charge in [0.25, 0.3) is 5.91 Å². The summed E-state index contributed by atoms with van der Waals surface area (Å²) in [5.41, 5.74) is 2.69. The lowest BCUT2D eigenvalue weighted by Crippen LogP contribution is -2.64. The number of fused-ring (bicyclic) bond motifs is 1. The number of carbonyl (C=O) groups is 2. The highest BCUT2D eigenvalue weighted by Crippen LogP contribution is 2.34. The van der Waals surface area contributed by atoms with Crippen LogP contribution in [0, 0.1) is 13.8 Å². The molecule has 1 N–H and O–H groups in total. The van der Waals surface area contributed by atoms with Crippen LogP contribution in [0.1, 0.15) is 34.2 Å². The Labute approximate surface area is 181 Å². The van der Waals surface area contributed by atoms with Gasteiger partial charge in [-0.15, -0.1) is 0 Å². The van der Waals surface area contributed by atoms with E-state index in [4.69, 9.17) is 4.74 Å². The molecule has 0 spiro atoms. The quantitative estimate of drug-likeness (QED) is 0.690. The number of hydrogen-bond acceptors (Lipinski definition) is 4. The Balaban J connectivity index is 1.68. The molecule has 1 aliphatic heterocycles. The van der Waals surface area contributed by atoms with Gasteiger partial charge in [0, 0.05) is 12.2 Å². The molecule has 31 heavy (non-hydrogen) atoms. The van der Waals surface area contributed by atoms with E-state index < -0.39 is 5.54 Å². The molecule has 7 nitrogen and oxygen atoms in total. The molecule has 1 aliphatic rings. The fraction of sp³-hybridized carbons (Fsp3) is 0.292. The van der Waals surface area contributed by atoms with Crippen LogP contribution in [0.2, 0.25) is 0 Å². The Morgan fingerprint density at radius 2 is 1.87 bits per heavy atom. The fourth-order valence-electron chi connectivity index (χ4n) is 4.02. The second kappa shape index (κ2) is 7.91. The van der Waals surface area contributed by atoms with Gasteiger partial charge in [0.2, 0.25) is 5.91 Å². The number of nitrogens with one attached hydrogen (secondary N) is 1. The second-order valence-corrected chi connectivity index (χ2v) is 8.06. The summed E-state index contributed by atoms with van der Waals surface area (Å²) >= 11 is 0. The van der Waals surface area contributed by atoms with Crippen molar-refractivity contribution in [1.29, 1.82) is 0 Å². The van der Waals surface area contributed by atoms with Crippen molar-refractivity contribution in [3.05, 3.63) is 77.1 Å². The van der Waals surface area contributed by atoms with Gasteiger partial charge < -0.3 is 10.1 Å². The van der Waals surface area contributed by atoms with Crippen molar-refractivity contribution in [2.45, 2.75) is 39.4 Å². The van der Waals surface area contributed by atoms with E-state index in [-0.39, 0.29) is 18.4 Å². The molecule has 160 valence electrons. The van der Waals surface area contributed by atoms with Gasteiger partial charge in [-0.25, -0.2) is 0 Å². The number of para-hydroxylation sites is 1. The first-order valence-electron chi connectivity index (χ1n) is 10.2. The molecule has 4 rings (SSSR count). The first-order chi connectivity index (χ1) is 14.8. The van der Waals surface area contributed by atoms with Crippen LogP contribution in [0.15, 0.2) is 54.6 Å². The molecular formula is C24H26N4O3. The first-order valence-corrected chi connectivity index (χ1v) is 10.2. The molecule has 0 bridgehead atoms. The van der Waals surface area contributed by atoms with Crippen LogP contribution in [-0.4, -0.2) is 34.2 Å². The molecule has 0 radical (unpaired) electrons. The van der Waals surface area contributed by atoms with E-state index in [1.165, 1.54) is 0 Å². The number of ether oxygens (including phenoxy) is 1. The minimum atomic E-state index is -1.14. The molecule has 2 aromatic carbocycles. The Kier molecular flexibility index (Phi) is 5.27. The Hall–Kier alpha value is -3.61. The largest absolute Gasteiger partial charge is 0.497 e. The number of anilines is 1. The second-order valence-electron chi connectivity index (χ2n) is 8.06. The maximum atomic E-state index is 13.5. The van der Waals surface area contributed by atoms with Crippen molar-refractivity contribution < 1.29 is 14.3 Å². The number of rotatable bonds is 5. The molecular weight excluding hydrogens is 392 g/mol. The summed E-state index contributed by atoms with van der Waals surface area (Å²) < 4.78 is 6.82. The summed E-state index contributed by atoms with van der Waals surface area (Å²) in [5, 5.41) is 7.45. The number of hydrogen-bond donors (Lipinski definition) is 1. The van der Waals surface area contributed by atoms with Crippen LogP contribution in [-0.2, 0) is 17.9 Å². The average Bonchev–Trinajstić information content (AvgIpc) is 3.13. The Morgan fingerprint density at radius 3 is 2.55 bits per heavy atom. The van der Waals surface area contributed by atoms with Crippen LogP contribution < -0.4 is 15.0 Å². The highest BCUT2D eigenvalue weighted by Gasteiger charge is 2.49. The van der Waals surface area contributed by atoms with Gasteiger partial charge in [0.1, 0.15) is 17.0 Å². The van der Waals surface area contributed by atoms with Gasteiger partial charge in [-0.2, -0.15) is 5.10 Å². The molecule has 1 aromatic heterocycles. The maximum absolute atomic E-state index is 13.5. The van der Waals surface area contributed by atoms with E-state index in [1.807, 2.05) is 62.4 Å². The third-order valence-electron chi connectivity index (χ3n) is 5.73. The van der Waals surface area contributed by atoms with Crippen LogP contribution in [0.3, 0.4) is 0 Å². The molecule has 0 saturated carbocycles. The smallest absolute Gasteiger partial charge is 0.277 e. The number of aryl methyl sites for hydroxylation is 2. The van der Waals surface area contributed by atoms with E-state index in [0.717, 1.165) is 28.3 Å². The molecule has 1 unspecified atom stereocenters. The average molecular weight is 418 g/mol. The van der Waals surface area contributed by atoms with E-state index in [9.17, 15) is 9.59 Å². The monoisotopic (exact) mass is 418 g/mol. The molecule has 3 aromatic rings. The van der Waals surface area contributed by atoms with Gasteiger partial charge in [0.05, 0.1) is 19.3 Å². The number of benzene rings is 2. The molecule has 7 heteroatoms. The van der Waals surface area contributed by atoms with Gasteiger partial charge in [0.15, 0.2) is 0 Å². The Bertz CT molecular complexity index is 1140. The topological polar surface area (TPSA) is 76.5 Å². The van der Waals surface area contributed by atoms with Crippen molar-refractivity contribution in [2.75, 3.05) is 12.0 Å². The number of amides is 2. The highest BCUT2D eigenvalue weighted by atomic mass is 16.5. The van der Waals surface area contributed by atoms with Gasteiger partial charge in [-0.3, -0.25) is 19.2 Å². The maximum Gasteiger partial charge on any atom is 0.277 e. The predicted molar refractivity (Wildman–Crippen MR) is 118 cm³/mol. The van der Waals surface area contributed by atoms with E-state index >= 15 is 0 Å². The summed E-state index contributed by atoms with van der Waals surface area (Å²) in [6.07, 6.45) is 0. The van der Waals surface area contributed by atoms with E-state index in [0.29, 0.717) is 12.2 Å². The third-order valence-corrected chi connectivity index (χ3v) is 5.73. The SMILES string of the molecule is COc1ccc(CNC(=O)C2(C)Cn3nc(C)cc3C(=O)N2c2ccccc2C)cc1. The van der Waals surface area contributed by atoms with Crippen LogP contribution in [0.25, 0.3) is 0 Å². The molecule has 2 amide bonds. The third kappa shape index (κ3) is 3.67. The molecule has 1 atom stereocenters. The summed E-state index contributed by atoms with van der Waals surface area (Å²) in [6, 6.07) is 16.9. The number of aromatic nitrogens is 2. The predicted octanol–water partition coefficient (Wildman–Crippen LogP) is 3.24. The lowest BCUT2D eigenvalue weighted by molar-refractivity contribution is -0.126. The summed E-state index contributed by atoms with van der Waals surface area (Å²) in [5.74, 6) is 0.286. The van der Waals surface area contributed by atoms with E-state index in [2.05, 4.69) is 10.4 Å². The van der Waals surface area contributed by atoms with Crippen molar-refractivity contribution in [1.82, 2.24) is 15.1 Å². The van der Waals surface area contributed by atoms with Crippen LogP contribution in [0.4, 0.5) is 5.69 Å². The van der Waals surface area contributed by atoms with Gasteiger partial charge in [-0.05, 0) is 56.2 Å². The zero-order chi connectivity index (χ0) is 22.2. The summed E-state index contributed by atoms with van der Waals surface area (Å²) in [7, 11) is 1.61. The minimum absolute atomic E-state index is 0.233. The summed E-state index contributed by atoms with van der Waals surface area (Å²) in [4.78, 5) is 28.6. The minimum Gasteiger partial charge on any atom is -0.497 e. The zero-order valence-corrected chi connectivity index (χ0v) is 18.2. The van der Waals surface area contributed by atoms with Gasteiger partial charge in [-0.1, -0.05) is 30.3 Å². The molecule has 0 fully saturated rings. The standard InChI is InChI=1S/C24H26N4O3/c1-16-7-5-6-8-20(16)28-22(29)21-13-17(2)26-27(21)15-24(28,3)23(30)25-14-18-9-11-19(31-4)12-10-18/h5-13H,14-15H2,1-4H3,(H,25,30). The van der Waals surface area contributed by atoms with Gasteiger partial charge >= 0.3 is 0 Å². The summed E-state index contributed by atoms with van der Waals surface area (Å²) in [6.45, 7) is 6.19.